The van der Waals surface area contributed by atoms with Crippen molar-refractivity contribution in [2.45, 2.75) is 26.9 Å². The van der Waals surface area contributed by atoms with Crippen molar-refractivity contribution in [2.24, 2.45) is 5.92 Å². The fraction of sp³-hybridized carbons (Fsp3) is 0.345. The zero-order valence-corrected chi connectivity index (χ0v) is 20.9. The first-order valence-electron chi connectivity index (χ1n) is 12.3. The van der Waals surface area contributed by atoms with Crippen molar-refractivity contribution in [3.05, 3.63) is 83.4 Å². The van der Waals surface area contributed by atoms with Gasteiger partial charge in [-0.25, -0.2) is 0 Å². The number of hydrogen-bond acceptors (Lipinski definition) is 3. The van der Waals surface area contributed by atoms with Crippen LogP contribution in [0.5, 0.6) is 0 Å². The maximum Gasteiger partial charge on any atom is 0.416 e. The molecule has 0 spiro atoms. The van der Waals surface area contributed by atoms with E-state index in [1.165, 1.54) is 12.1 Å². The highest BCUT2D eigenvalue weighted by atomic mass is 19.4. The number of piperazine rings is 1. The minimum Gasteiger partial charge on any atom is -0.369 e. The first-order valence-corrected chi connectivity index (χ1v) is 12.3. The van der Waals surface area contributed by atoms with Crippen LogP contribution in [0.25, 0.3) is 11.1 Å². The Bertz CT molecular complexity index is 1180. The predicted octanol–water partition coefficient (Wildman–Crippen LogP) is 6.71. The molecule has 0 radical (unpaired) electrons. The van der Waals surface area contributed by atoms with E-state index in [0.717, 1.165) is 56.1 Å². The molecule has 1 heterocycles. The van der Waals surface area contributed by atoms with Crippen LogP contribution in [0.15, 0.2) is 66.7 Å². The number of aryl methyl sites for hydroxylation is 1. The lowest BCUT2D eigenvalue weighted by atomic mass is 9.96. The van der Waals surface area contributed by atoms with Gasteiger partial charge in [-0.1, -0.05) is 43.7 Å². The van der Waals surface area contributed by atoms with Gasteiger partial charge in [0.25, 0.3) is 5.91 Å². The highest BCUT2D eigenvalue weighted by Gasteiger charge is 2.30. The van der Waals surface area contributed by atoms with E-state index >= 15 is 0 Å². The zero-order valence-electron chi connectivity index (χ0n) is 20.9. The van der Waals surface area contributed by atoms with Gasteiger partial charge in [-0.2, -0.15) is 13.2 Å². The van der Waals surface area contributed by atoms with E-state index in [9.17, 15) is 18.0 Å². The van der Waals surface area contributed by atoms with Gasteiger partial charge in [0.1, 0.15) is 0 Å². The summed E-state index contributed by atoms with van der Waals surface area (Å²) >= 11 is 0. The van der Waals surface area contributed by atoms with E-state index in [1.807, 2.05) is 43.3 Å². The molecule has 4 rings (SSSR count). The fourth-order valence-electron chi connectivity index (χ4n) is 4.59. The second-order valence-corrected chi connectivity index (χ2v) is 9.81. The van der Waals surface area contributed by atoms with Gasteiger partial charge in [0.2, 0.25) is 0 Å². The number of rotatable bonds is 6. The number of amides is 1. The summed E-state index contributed by atoms with van der Waals surface area (Å²) in [5.74, 6) is 0.354. The van der Waals surface area contributed by atoms with Crippen LogP contribution in [-0.4, -0.2) is 43.5 Å². The third-order valence-corrected chi connectivity index (χ3v) is 6.43. The Morgan fingerprint density at radius 1 is 0.917 bits per heavy atom. The third kappa shape index (κ3) is 6.26. The molecule has 0 unspecified atom stereocenters. The largest absolute Gasteiger partial charge is 0.416 e. The molecule has 36 heavy (non-hydrogen) atoms. The summed E-state index contributed by atoms with van der Waals surface area (Å²) in [6.07, 6.45) is -4.40. The van der Waals surface area contributed by atoms with Gasteiger partial charge in [-0.05, 0) is 66.4 Å². The van der Waals surface area contributed by atoms with Gasteiger partial charge in [0, 0.05) is 49.7 Å². The predicted molar refractivity (Wildman–Crippen MR) is 140 cm³/mol. The summed E-state index contributed by atoms with van der Waals surface area (Å²) in [6, 6.07) is 18.1. The topological polar surface area (TPSA) is 35.6 Å². The fourth-order valence-corrected chi connectivity index (χ4v) is 4.59. The van der Waals surface area contributed by atoms with Crippen LogP contribution < -0.4 is 10.2 Å². The number of anilines is 2. The van der Waals surface area contributed by atoms with Crippen molar-refractivity contribution in [1.82, 2.24) is 4.90 Å². The van der Waals surface area contributed by atoms with Gasteiger partial charge < -0.3 is 10.2 Å². The van der Waals surface area contributed by atoms with Crippen LogP contribution in [0, 0.1) is 12.8 Å². The number of benzene rings is 3. The highest BCUT2D eigenvalue weighted by Crippen LogP contribution is 2.32. The summed E-state index contributed by atoms with van der Waals surface area (Å²) in [7, 11) is 0. The summed E-state index contributed by atoms with van der Waals surface area (Å²) < 4.78 is 38.9. The number of nitrogens with one attached hydrogen (secondary N) is 1. The number of nitrogens with zero attached hydrogens (tertiary/aromatic N) is 2. The molecule has 0 aromatic heterocycles. The monoisotopic (exact) mass is 495 g/mol. The molecule has 3 aromatic rings. The van der Waals surface area contributed by atoms with Crippen molar-refractivity contribution < 1.29 is 18.0 Å². The van der Waals surface area contributed by atoms with Gasteiger partial charge in [0.05, 0.1) is 5.56 Å². The molecule has 0 aliphatic carbocycles. The molecule has 0 atom stereocenters. The Labute approximate surface area is 210 Å². The summed E-state index contributed by atoms with van der Waals surface area (Å²) in [6.45, 7) is 11.5. The number of alkyl halides is 3. The summed E-state index contributed by atoms with van der Waals surface area (Å²) in [5, 5.41) is 2.94. The summed E-state index contributed by atoms with van der Waals surface area (Å²) in [4.78, 5) is 18.0. The lowest BCUT2D eigenvalue weighted by Gasteiger charge is -2.36. The molecule has 0 bridgehead atoms. The van der Waals surface area contributed by atoms with Gasteiger partial charge in [0.15, 0.2) is 0 Å². The van der Waals surface area contributed by atoms with E-state index in [4.69, 9.17) is 0 Å². The Hall–Kier alpha value is -3.32. The molecule has 7 heteroatoms. The Balaban J connectivity index is 1.46. The minimum atomic E-state index is -4.40. The van der Waals surface area contributed by atoms with Crippen LogP contribution in [-0.2, 0) is 6.18 Å². The first kappa shape index (κ1) is 25.8. The Morgan fingerprint density at radius 2 is 1.56 bits per heavy atom. The standard InChI is InChI=1S/C29H32F3N3O/c1-20(2)19-34-14-16-35(17-15-34)25-11-9-24(10-12-25)33-28(36)26-13-4-21(3)18-27(26)22-5-7-23(8-6-22)29(30,31)32/h4-13,18,20H,14-17,19H2,1-3H3,(H,33,36). The second-order valence-electron chi connectivity index (χ2n) is 9.81. The van der Waals surface area contributed by atoms with Crippen LogP contribution in [0.3, 0.4) is 0 Å². The Kier molecular flexibility index (Phi) is 7.69. The van der Waals surface area contributed by atoms with Gasteiger partial charge >= 0.3 is 6.18 Å². The summed E-state index contributed by atoms with van der Waals surface area (Å²) in [5.41, 5.74) is 3.55. The molecular weight excluding hydrogens is 463 g/mol. The number of carbonyl (C=O) groups is 1. The smallest absolute Gasteiger partial charge is 0.369 e. The molecule has 1 N–H and O–H groups in total. The number of carbonyl (C=O) groups excluding carboxylic acids is 1. The van der Waals surface area contributed by atoms with Crippen LogP contribution in [0.1, 0.15) is 35.3 Å². The van der Waals surface area contributed by atoms with E-state index in [2.05, 4.69) is 29.0 Å². The van der Waals surface area contributed by atoms with Crippen molar-refractivity contribution >= 4 is 17.3 Å². The van der Waals surface area contributed by atoms with Crippen molar-refractivity contribution in [3.63, 3.8) is 0 Å². The van der Waals surface area contributed by atoms with Crippen molar-refractivity contribution in [3.8, 4) is 11.1 Å². The molecular formula is C29H32F3N3O. The second kappa shape index (κ2) is 10.7. The van der Waals surface area contributed by atoms with Crippen LogP contribution >= 0.6 is 0 Å². The molecule has 190 valence electrons. The van der Waals surface area contributed by atoms with E-state index < -0.39 is 11.7 Å². The molecule has 0 saturated carbocycles. The van der Waals surface area contributed by atoms with E-state index in [0.29, 0.717) is 28.3 Å². The highest BCUT2D eigenvalue weighted by molar-refractivity contribution is 6.08. The van der Waals surface area contributed by atoms with E-state index in [1.54, 1.807) is 6.07 Å². The quantitative estimate of drug-likeness (QED) is 0.413. The maximum absolute atomic E-state index is 13.1. The number of halogens is 3. The molecule has 4 nitrogen and oxygen atoms in total. The average molecular weight is 496 g/mol. The first-order chi connectivity index (χ1) is 17.1. The van der Waals surface area contributed by atoms with Gasteiger partial charge in [-0.15, -0.1) is 0 Å². The zero-order chi connectivity index (χ0) is 25.9. The molecule has 1 aliphatic rings. The lowest BCUT2D eigenvalue weighted by Crippen LogP contribution is -2.47. The maximum atomic E-state index is 13.1. The molecule has 1 fully saturated rings. The van der Waals surface area contributed by atoms with Gasteiger partial charge in [-0.3, -0.25) is 9.69 Å². The van der Waals surface area contributed by atoms with Crippen molar-refractivity contribution in [2.75, 3.05) is 42.9 Å². The molecule has 1 saturated heterocycles. The Morgan fingerprint density at radius 3 is 2.14 bits per heavy atom. The van der Waals surface area contributed by atoms with Crippen LogP contribution in [0.4, 0.5) is 24.5 Å². The minimum absolute atomic E-state index is 0.306. The molecule has 1 amide bonds. The molecule has 3 aromatic carbocycles. The average Bonchev–Trinajstić information content (AvgIpc) is 2.84. The normalized spacial score (nSPS) is 14.8. The van der Waals surface area contributed by atoms with Crippen molar-refractivity contribution in [1.29, 1.82) is 0 Å². The number of hydrogen-bond donors (Lipinski definition) is 1. The SMILES string of the molecule is Cc1ccc(C(=O)Nc2ccc(N3CCN(CC(C)C)CC3)cc2)c(-c2ccc(C(F)(F)F)cc2)c1. The van der Waals surface area contributed by atoms with Crippen LogP contribution in [0.2, 0.25) is 0 Å². The lowest BCUT2D eigenvalue weighted by molar-refractivity contribution is -0.137. The van der Waals surface area contributed by atoms with E-state index in [-0.39, 0.29) is 5.91 Å². The third-order valence-electron chi connectivity index (χ3n) is 6.43. The molecule has 1 aliphatic heterocycles.